The second-order valence-corrected chi connectivity index (χ2v) is 7.44. The van der Waals surface area contributed by atoms with Gasteiger partial charge < -0.3 is 19.5 Å². The van der Waals surface area contributed by atoms with Gasteiger partial charge in [-0.2, -0.15) is 0 Å². The predicted molar refractivity (Wildman–Crippen MR) is 116 cm³/mol. The van der Waals surface area contributed by atoms with E-state index in [1.54, 1.807) is 0 Å². The molecule has 0 aliphatic carbocycles. The Balaban J connectivity index is 1.83. The third-order valence-electron chi connectivity index (χ3n) is 4.65. The van der Waals surface area contributed by atoms with Gasteiger partial charge in [-0.3, -0.25) is 9.59 Å². The highest BCUT2D eigenvalue weighted by Gasteiger charge is 2.19. The van der Waals surface area contributed by atoms with E-state index in [0.29, 0.717) is 25.1 Å². The van der Waals surface area contributed by atoms with Gasteiger partial charge in [0.2, 0.25) is 0 Å². The molecule has 0 aliphatic rings. The Kier molecular flexibility index (Phi) is 9.55. The number of carbonyl (C=O) groups excluding carboxylic acids is 2. The first kappa shape index (κ1) is 23.9. The smallest absolute Gasteiger partial charge is 0.494 e. The first-order valence-electron chi connectivity index (χ1n) is 10.4. The molecule has 0 aliphatic heterocycles. The Bertz CT molecular complexity index is 865. The van der Waals surface area contributed by atoms with Crippen LogP contribution in [-0.4, -0.2) is 40.7 Å². The van der Waals surface area contributed by atoms with Crippen molar-refractivity contribution in [3.05, 3.63) is 65.7 Å². The van der Waals surface area contributed by atoms with Crippen molar-refractivity contribution in [3.8, 4) is 5.75 Å². The molecule has 166 valence electrons. The van der Waals surface area contributed by atoms with Crippen LogP contribution < -0.4 is 4.74 Å². The molecule has 1 N–H and O–H groups in total. The van der Waals surface area contributed by atoms with E-state index in [1.165, 1.54) is 0 Å². The fourth-order valence-electron chi connectivity index (χ4n) is 3.05. The van der Waals surface area contributed by atoms with Crippen LogP contribution in [0.25, 0.3) is 0 Å². The molecule has 0 spiro atoms. The number of rotatable bonds is 11. The first-order valence-corrected chi connectivity index (χ1v) is 10.4. The lowest BCUT2D eigenvalue weighted by Gasteiger charge is -2.27. The molecule has 0 radical (unpaired) electrons. The lowest BCUT2D eigenvalue weighted by molar-refractivity contribution is -0.139. The number of unbranched alkanes of at least 4 members (excludes halogenated alkanes) is 2. The Labute approximate surface area is 182 Å². The monoisotopic (exact) mass is 427 g/mol. The molecule has 31 heavy (non-hydrogen) atoms. The van der Waals surface area contributed by atoms with E-state index in [0.717, 1.165) is 24.2 Å². The molecular weight excluding hydrogens is 398 g/mol. The zero-order chi connectivity index (χ0) is 22.6. The Morgan fingerprint density at radius 2 is 1.71 bits per heavy atom. The van der Waals surface area contributed by atoms with Crippen LogP contribution in [0.4, 0.5) is 4.79 Å². The maximum absolute atomic E-state index is 12.9. The molecule has 0 saturated heterocycles. The van der Waals surface area contributed by atoms with Crippen LogP contribution >= 0.6 is 0 Å². The van der Waals surface area contributed by atoms with Gasteiger partial charge >= 0.3 is 12.1 Å². The summed E-state index contributed by atoms with van der Waals surface area (Å²) in [7, 11) is 0. The van der Waals surface area contributed by atoms with E-state index in [2.05, 4.69) is 4.74 Å². The number of amides is 1. The van der Waals surface area contributed by atoms with Crippen molar-refractivity contribution in [3.63, 3.8) is 0 Å². The van der Waals surface area contributed by atoms with Gasteiger partial charge in [0.25, 0.3) is 5.91 Å². The van der Waals surface area contributed by atoms with Crippen LogP contribution in [0, 0.1) is 0 Å². The van der Waals surface area contributed by atoms with Gasteiger partial charge in [0.05, 0.1) is 6.61 Å². The molecule has 0 atom stereocenters. The lowest BCUT2D eigenvalue weighted by atomic mass is 10.1. The van der Waals surface area contributed by atoms with Gasteiger partial charge in [-0.05, 0) is 62.9 Å². The minimum absolute atomic E-state index is 0.0108. The molecule has 1 amide bonds. The maximum atomic E-state index is 12.9. The molecule has 2 aromatic carbocycles. The van der Waals surface area contributed by atoms with Crippen LogP contribution in [0.5, 0.6) is 5.75 Å². The summed E-state index contributed by atoms with van der Waals surface area (Å²) >= 11 is 0. The predicted octanol–water partition coefficient (Wildman–Crippen LogP) is 4.90. The van der Waals surface area contributed by atoms with E-state index in [1.807, 2.05) is 73.3 Å². The molecule has 0 aromatic heterocycles. The Morgan fingerprint density at radius 3 is 2.39 bits per heavy atom. The summed E-state index contributed by atoms with van der Waals surface area (Å²) in [6.07, 6.45) is 0.494. The summed E-state index contributed by atoms with van der Waals surface area (Å²) in [5.74, 6) is -0.0251. The first-order chi connectivity index (χ1) is 14.9. The van der Waals surface area contributed by atoms with E-state index in [-0.39, 0.29) is 18.4 Å². The largest absolute Gasteiger partial charge is 0.513 e. The third kappa shape index (κ3) is 8.50. The number of hydrogen-bond donors (Lipinski definition) is 1. The molecule has 0 bridgehead atoms. The van der Waals surface area contributed by atoms with Crippen LogP contribution in [-0.2, 0) is 16.1 Å². The highest BCUT2D eigenvalue weighted by molar-refractivity contribution is 5.94. The highest BCUT2D eigenvalue weighted by atomic mass is 16.7. The average molecular weight is 427 g/mol. The molecule has 0 heterocycles. The van der Waals surface area contributed by atoms with Crippen LogP contribution in [0.3, 0.4) is 0 Å². The zero-order valence-corrected chi connectivity index (χ0v) is 18.0. The minimum Gasteiger partial charge on any atom is -0.494 e. The second kappa shape index (κ2) is 12.4. The standard InChI is InChI=1S/C24H29NO6/c1-18(2)25(23(27)20-11-5-3-6-12-20)17-19-10-9-13-21(16-19)30-15-8-4-7-14-22(26)31-24(28)29/h3,5-6,9-13,16,18H,4,7-8,14-15,17H2,1-2H3,(H,28,29). The van der Waals surface area contributed by atoms with Crippen LogP contribution in [0.15, 0.2) is 54.6 Å². The van der Waals surface area contributed by atoms with Gasteiger partial charge in [-0.15, -0.1) is 0 Å². The number of esters is 1. The number of nitrogens with zero attached hydrogens (tertiary/aromatic N) is 1. The molecule has 2 rings (SSSR count). The minimum atomic E-state index is -1.57. The number of hydrogen-bond acceptors (Lipinski definition) is 5. The second-order valence-electron chi connectivity index (χ2n) is 7.44. The number of carbonyl (C=O) groups is 3. The molecule has 0 unspecified atom stereocenters. The summed E-state index contributed by atoms with van der Waals surface area (Å²) < 4.78 is 9.84. The topological polar surface area (TPSA) is 93.1 Å². The molecule has 7 heteroatoms. The van der Waals surface area contributed by atoms with E-state index in [4.69, 9.17) is 9.84 Å². The zero-order valence-electron chi connectivity index (χ0n) is 18.0. The van der Waals surface area contributed by atoms with Crippen molar-refractivity contribution in [1.82, 2.24) is 4.90 Å². The highest BCUT2D eigenvalue weighted by Crippen LogP contribution is 2.18. The van der Waals surface area contributed by atoms with Crippen molar-refractivity contribution in [2.24, 2.45) is 0 Å². The van der Waals surface area contributed by atoms with Gasteiger partial charge in [0.15, 0.2) is 0 Å². The van der Waals surface area contributed by atoms with Gasteiger partial charge in [-0.1, -0.05) is 30.3 Å². The van der Waals surface area contributed by atoms with Crippen LogP contribution in [0.2, 0.25) is 0 Å². The fraction of sp³-hybridized carbons (Fsp3) is 0.375. The lowest BCUT2D eigenvalue weighted by Crippen LogP contribution is -2.36. The summed E-state index contributed by atoms with van der Waals surface area (Å²) in [5, 5.41) is 8.36. The van der Waals surface area contributed by atoms with Gasteiger partial charge in [-0.25, -0.2) is 4.79 Å². The molecule has 2 aromatic rings. The summed E-state index contributed by atoms with van der Waals surface area (Å²) in [5.41, 5.74) is 1.64. The normalized spacial score (nSPS) is 10.5. The van der Waals surface area contributed by atoms with E-state index in [9.17, 15) is 14.4 Å². The summed E-state index contributed by atoms with van der Waals surface area (Å²) in [6.45, 7) is 4.95. The van der Waals surface area contributed by atoms with Gasteiger partial charge in [0, 0.05) is 24.6 Å². The van der Waals surface area contributed by atoms with Crippen LogP contribution in [0.1, 0.15) is 55.5 Å². The summed E-state index contributed by atoms with van der Waals surface area (Å²) in [4.78, 5) is 36.1. The van der Waals surface area contributed by atoms with Crippen molar-refractivity contribution in [2.75, 3.05) is 6.61 Å². The molecule has 7 nitrogen and oxygen atoms in total. The summed E-state index contributed by atoms with van der Waals surface area (Å²) in [6, 6.07) is 16.9. The third-order valence-corrected chi connectivity index (χ3v) is 4.65. The number of benzene rings is 2. The van der Waals surface area contributed by atoms with Crippen molar-refractivity contribution in [2.45, 2.75) is 52.1 Å². The van der Waals surface area contributed by atoms with E-state index < -0.39 is 12.1 Å². The SMILES string of the molecule is CC(C)N(Cc1cccc(OCCCCCC(=O)OC(=O)O)c1)C(=O)c1ccccc1. The molecular formula is C24H29NO6. The van der Waals surface area contributed by atoms with Crippen molar-refractivity contribution >= 4 is 18.0 Å². The quantitative estimate of drug-likeness (QED) is 0.312. The van der Waals surface area contributed by atoms with Gasteiger partial charge in [0.1, 0.15) is 5.75 Å². The maximum Gasteiger partial charge on any atom is 0.513 e. The van der Waals surface area contributed by atoms with E-state index >= 15 is 0 Å². The number of ether oxygens (including phenoxy) is 2. The Hall–Kier alpha value is -3.35. The van der Waals surface area contributed by atoms with Crippen molar-refractivity contribution in [1.29, 1.82) is 0 Å². The fourth-order valence-corrected chi connectivity index (χ4v) is 3.05. The van der Waals surface area contributed by atoms with Crippen molar-refractivity contribution < 1.29 is 29.0 Å². The number of carboxylic acid groups (broad SMARTS) is 1. The Morgan fingerprint density at radius 1 is 0.968 bits per heavy atom. The molecule has 0 saturated carbocycles. The molecule has 0 fully saturated rings. The average Bonchev–Trinajstić information content (AvgIpc) is 2.74.